The SMILES string of the molecule is CC(C)N(C)S(=O)Nc1ccc(F)c(C(=O)c2c[nH]c3ncc(-c4ccc(N5CCC(C=O)CC5)cc4)cc23)c1F. The van der Waals surface area contributed by atoms with E-state index in [4.69, 9.17) is 0 Å². The summed E-state index contributed by atoms with van der Waals surface area (Å²) in [6.07, 6.45) is 5.77. The quantitative estimate of drug-likeness (QED) is 0.202. The largest absolute Gasteiger partial charge is 0.371 e. The van der Waals surface area contributed by atoms with Gasteiger partial charge >= 0.3 is 0 Å². The summed E-state index contributed by atoms with van der Waals surface area (Å²) in [5, 5.41) is 0.424. The monoisotopic (exact) mass is 579 g/mol. The minimum absolute atomic E-state index is 0.0689. The number of benzene rings is 2. The molecule has 0 bridgehead atoms. The Morgan fingerprint density at radius 2 is 1.85 bits per heavy atom. The molecule has 0 spiro atoms. The molecule has 0 amide bonds. The number of hydrogen-bond donors (Lipinski definition) is 2. The Kier molecular flexibility index (Phi) is 8.27. The number of fused-ring (bicyclic) bond motifs is 1. The van der Waals surface area contributed by atoms with Crippen molar-refractivity contribution in [3.05, 3.63) is 77.6 Å². The van der Waals surface area contributed by atoms with Crippen molar-refractivity contribution in [2.24, 2.45) is 5.92 Å². The minimum Gasteiger partial charge on any atom is -0.371 e. The molecule has 2 aromatic heterocycles. The zero-order valence-electron chi connectivity index (χ0n) is 23.0. The molecule has 1 atom stereocenters. The molecule has 0 saturated carbocycles. The third-order valence-corrected chi connectivity index (χ3v) is 8.92. The molecule has 1 fully saturated rings. The zero-order chi connectivity index (χ0) is 29.3. The fraction of sp³-hybridized carbons (Fsp3) is 0.300. The molecule has 2 N–H and O–H groups in total. The van der Waals surface area contributed by atoms with E-state index in [2.05, 4.69) is 19.6 Å². The Morgan fingerprint density at radius 3 is 2.51 bits per heavy atom. The van der Waals surface area contributed by atoms with Crippen LogP contribution in [0.3, 0.4) is 0 Å². The number of aromatic amines is 1. The van der Waals surface area contributed by atoms with Gasteiger partial charge in [0.15, 0.2) is 17.0 Å². The number of halogens is 2. The highest BCUT2D eigenvalue weighted by Crippen LogP contribution is 2.31. The van der Waals surface area contributed by atoms with E-state index in [0.29, 0.717) is 11.0 Å². The Balaban J connectivity index is 1.42. The van der Waals surface area contributed by atoms with E-state index in [-0.39, 0.29) is 23.2 Å². The second kappa shape index (κ2) is 11.9. The lowest BCUT2D eigenvalue weighted by Crippen LogP contribution is -2.33. The summed E-state index contributed by atoms with van der Waals surface area (Å²) in [6.45, 7) is 5.28. The number of nitrogens with one attached hydrogen (secondary N) is 2. The molecule has 0 aliphatic carbocycles. The van der Waals surface area contributed by atoms with Crippen molar-refractivity contribution in [2.75, 3.05) is 29.8 Å². The maximum atomic E-state index is 15.5. The lowest BCUT2D eigenvalue weighted by molar-refractivity contribution is -0.111. The van der Waals surface area contributed by atoms with Crippen LogP contribution < -0.4 is 9.62 Å². The van der Waals surface area contributed by atoms with Crippen LogP contribution in [0, 0.1) is 17.6 Å². The number of carbonyl (C=O) groups is 2. The van der Waals surface area contributed by atoms with Crippen LogP contribution >= 0.6 is 0 Å². The predicted molar refractivity (Wildman–Crippen MR) is 157 cm³/mol. The standard InChI is InChI=1S/C30H31F2N5O3S/c1-18(2)36(3)41(40)35-26-9-8-25(31)27(28(26)32)29(39)24-16-34-30-23(24)14-21(15-33-30)20-4-6-22(7-5-20)37-12-10-19(17-38)11-13-37/h4-9,14-19,35H,10-13H2,1-3H3,(H,33,34). The highest BCUT2D eigenvalue weighted by molar-refractivity contribution is 7.84. The van der Waals surface area contributed by atoms with Crippen LogP contribution in [0.1, 0.15) is 42.6 Å². The molecule has 11 heteroatoms. The molecule has 0 radical (unpaired) electrons. The summed E-state index contributed by atoms with van der Waals surface area (Å²) in [6, 6.07) is 11.7. The smallest absolute Gasteiger partial charge is 0.201 e. The molecular formula is C30H31F2N5O3S. The molecule has 3 heterocycles. The fourth-order valence-corrected chi connectivity index (χ4v) is 5.71. The van der Waals surface area contributed by atoms with E-state index in [1.54, 1.807) is 19.3 Å². The molecule has 214 valence electrons. The summed E-state index contributed by atoms with van der Waals surface area (Å²) in [7, 11) is 1.60. The van der Waals surface area contributed by atoms with Crippen LogP contribution in [0.15, 0.2) is 54.9 Å². The van der Waals surface area contributed by atoms with Gasteiger partial charge in [0.25, 0.3) is 0 Å². The molecule has 41 heavy (non-hydrogen) atoms. The average molecular weight is 580 g/mol. The molecule has 1 unspecified atom stereocenters. The molecule has 4 aromatic rings. The predicted octanol–water partition coefficient (Wildman–Crippen LogP) is 5.49. The summed E-state index contributed by atoms with van der Waals surface area (Å²) >= 11 is -1.80. The highest BCUT2D eigenvalue weighted by atomic mass is 32.2. The van der Waals surface area contributed by atoms with E-state index < -0.39 is 34.2 Å². The second-order valence-corrected chi connectivity index (χ2v) is 11.7. The van der Waals surface area contributed by atoms with Gasteiger partial charge < -0.3 is 14.7 Å². The first-order valence-corrected chi connectivity index (χ1v) is 14.5. The molecule has 1 aliphatic heterocycles. The first-order chi connectivity index (χ1) is 19.7. The van der Waals surface area contributed by atoms with Crippen molar-refractivity contribution in [3.8, 4) is 11.1 Å². The number of aromatic nitrogens is 2. The van der Waals surface area contributed by atoms with Crippen LogP contribution in [-0.4, -0.2) is 56.7 Å². The average Bonchev–Trinajstić information content (AvgIpc) is 3.41. The van der Waals surface area contributed by atoms with Gasteiger partial charge in [0, 0.05) is 66.7 Å². The van der Waals surface area contributed by atoms with Gasteiger partial charge in [-0.2, -0.15) is 0 Å². The van der Waals surface area contributed by atoms with Gasteiger partial charge in [0.2, 0.25) is 5.78 Å². The normalized spacial score (nSPS) is 15.0. The number of ketones is 1. The molecule has 1 saturated heterocycles. The van der Waals surface area contributed by atoms with E-state index in [1.165, 1.54) is 10.5 Å². The van der Waals surface area contributed by atoms with E-state index in [0.717, 1.165) is 61.2 Å². The van der Waals surface area contributed by atoms with Crippen LogP contribution in [0.2, 0.25) is 0 Å². The Hall–Kier alpha value is -3.96. The van der Waals surface area contributed by atoms with Gasteiger partial charge in [0.1, 0.15) is 17.8 Å². The first-order valence-electron chi connectivity index (χ1n) is 13.4. The number of rotatable bonds is 9. The summed E-state index contributed by atoms with van der Waals surface area (Å²) in [5.74, 6) is -2.87. The van der Waals surface area contributed by atoms with Crippen molar-refractivity contribution < 1.29 is 22.6 Å². The summed E-state index contributed by atoms with van der Waals surface area (Å²) in [4.78, 5) is 34.1. The lowest BCUT2D eigenvalue weighted by atomic mass is 9.97. The molecule has 5 rings (SSSR count). The summed E-state index contributed by atoms with van der Waals surface area (Å²) < 4.78 is 46.8. The number of pyridine rings is 1. The molecular weight excluding hydrogens is 548 g/mol. The van der Waals surface area contributed by atoms with Gasteiger partial charge in [-0.15, -0.1) is 0 Å². The third kappa shape index (κ3) is 5.77. The Labute approximate surface area is 239 Å². The first kappa shape index (κ1) is 28.6. The summed E-state index contributed by atoms with van der Waals surface area (Å²) in [5.41, 5.74) is 2.15. The topological polar surface area (TPSA) is 98.4 Å². The second-order valence-electron chi connectivity index (χ2n) is 10.4. The van der Waals surface area contributed by atoms with E-state index >= 15 is 4.39 Å². The fourth-order valence-electron chi connectivity index (χ4n) is 4.84. The zero-order valence-corrected chi connectivity index (χ0v) is 23.8. The Bertz CT molecular complexity index is 1610. The number of nitrogens with zero attached hydrogens (tertiary/aromatic N) is 3. The van der Waals surface area contributed by atoms with Crippen molar-refractivity contribution >= 4 is 45.6 Å². The number of hydrogen-bond acceptors (Lipinski definition) is 5. The maximum Gasteiger partial charge on any atom is 0.201 e. The van der Waals surface area contributed by atoms with Gasteiger partial charge in [0.05, 0.1) is 11.3 Å². The molecule has 1 aliphatic rings. The number of aldehydes is 1. The Morgan fingerprint density at radius 1 is 1.15 bits per heavy atom. The number of H-pyrrole nitrogens is 1. The minimum atomic E-state index is -1.80. The highest BCUT2D eigenvalue weighted by Gasteiger charge is 2.26. The van der Waals surface area contributed by atoms with E-state index in [1.807, 2.05) is 38.1 Å². The van der Waals surface area contributed by atoms with Gasteiger partial charge in [-0.1, -0.05) is 12.1 Å². The molecule has 2 aromatic carbocycles. The van der Waals surface area contributed by atoms with Crippen molar-refractivity contribution in [1.29, 1.82) is 0 Å². The van der Waals surface area contributed by atoms with Gasteiger partial charge in [-0.25, -0.2) is 22.3 Å². The van der Waals surface area contributed by atoms with Crippen LogP contribution in [0.4, 0.5) is 20.2 Å². The van der Waals surface area contributed by atoms with Crippen LogP contribution in [0.25, 0.3) is 22.2 Å². The number of piperidine rings is 1. The van der Waals surface area contributed by atoms with Gasteiger partial charge in [-0.3, -0.25) is 9.52 Å². The number of carbonyl (C=O) groups excluding carboxylic acids is 2. The molecule has 8 nitrogen and oxygen atoms in total. The van der Waals surface area contributed by atoms with E-state index in [9.17, 15) is 18.2 Å². The van der Waals surface area contributed by atoms with Gasteiger partial charge in [-0.05, 0) is 62.6 Å². The maximum absolute atomic E-state index is 15.5. The lowest BCUT2D eigenvalue weighted by Gasteiger charge is -2.31. The van der Waals surface area contributed by atoms with Crippen LogP contribution in [-0.2, 0) is 16.0 Å². The van der Waals surface area contributed by atoms with Crippen LogP contribution in [0.5, 0.6) is 0 Å². The van der Waals surface area contributed by atoms with Crippen molar-refractivity contribution in [2.45, 2.75) is 32.7 Å². The van der Waals surface area contributed by atoms with Crippen molar-refractivity contribution in [3.63, 3.8) is 0 Å². The van der Waals surface area contributed by atoms with Crippen molar-refractivity contribution in [1.82, 2.24) is 14.3 Å². The third-order valence-electron chi connectivity index (χ3n) is 7.58. The number of anilines is 2.